The normalized spacial score (nSPS) is 12.1. The van der Waals surface area contributed by atoms with Gasteiger partial charge in [0, 0.05) is 27.1 Å². The summed E-state index contributed by atoms with van der Waals surface area (Å²) in [5.41, 5.74) is 12.0. The highest BCUT2D eigenvalue weighted by molar-refractivity contribution is 6.13. The summed E-state index contributed by atoms with van der Waals surface area (Å²) in [6, 6.07) is 53.5. The summed E-state index contributed by atoms with van der Waals surface area (Å²) in [5, 5.41) is 3.82. The molecule has 0 aliphatic rings. The molecule has 0 bridgehead atoms. The molecule has 0 aliphatic heterocycles. The van der Waals surface area contributed by atoms with Crippen molar-refractivity contribution >= 4 is 49.3 Å². The van der Waals surface area contributed by atoms with Crippen molar-refractivity contribution in [3.05, 3.63) is 221 Å². The van der Waals surface area contributed by atoms with E-state index in [1.165, 1.54) is 0 Å². The highest BCUT2D eigenvalue weighted by atomic mass is 19.4. The van der Waals surface area contributed by atoms with Gasteiger partial charge in [-0.1, -0.05) is 125 Å². The Kier molecular flexibility index (Phi) is 10.4. The Bertz CT molecular complexity index is 3920. The van der Waals surface area contributed by atoms with Crippen LogP contribution >= 0.6 is 0 Å². The van der Waals surface area contributed by atoms with Crippen LogP contribution in [0, 0.1) is 34.3 Å². The lowest BCUT2D eigenvalue weighted by Crippen LogP contribution is -2.11. The molecule has 9 aromatic carbocycles. The van der Waals surface area contributed by atoms with E-state index < -0.39 is 23.5 Å². The predicted molar refractivity (Wildman–Crippen MR) is 272 cm³/mol. The molecular formula is C61H41F6N3. The summed E-state index contributed by atoms with van der Waals surface area (Å²) in [5.74, 6) is 0. The van der Waals surface area contributed by atoms with Crippen LogP contribution in [0.1, 0.15) is 33.4 Å². The Morgan fingerprint density at radius 3 is 1.27 bits per heavy atom. The monoisotopic (exact) mass is 929 g/mol. The number of aryl methyl sites for hydroxylation is 4. The topological polar surface area (TPSA) is 14.2 Å². The quantitative estimate of drug-likeness (QED) is 0.117. The molecule has 0 spiro atoms. The summed E-state index contributed by atoms with van der Waals surface area (Å²) in [4.78, 5) is 3.86. The summed E-state index contributed by atoms with van der Waals surface area (Å²) in [6.45, 7) is 16.5. The van der Waals surface area contributed by atoms with Crippen LogP contribution in [0.4, 0.5) is 32.0 Å². The van der Waals surface area contributed by atoms with Gasteiger partial charge in [0.25, 0.3) is 0 Å². The summed E-state index contributed by atoms with van der Waals surface area (Å²) in [6.07, 6.45) is -10.1. The van der Waals surface area contributed by atoms with Crippen LogP contribution < -0.4 is 0 Å². The smallest absolute Gasteiger partial charge is 0.309 e. The molecule has 70 heavy (non-hydrogen) atoms. The molecule has 0 unspecified atom stereocenters. The third-order valence-corrected chi connectivity index (χ3v) is 13.3. The first kappa shape index (κ1) is 44.2. The average Bonchev–Trinajstić information content (AvgIpc) is 3.84. The zero-order valence-electron chi connectivity index (χ0n) is 38.4. The number of hydrogen-bond donors (Lipinski definition) is 0. The van der Waals surface area contributed by atoms with Gasteiger partial charge in [0.1, 0.15) is 0 Å². The first-order valence-electron chi connectivity index (χ1n) is 22.7. The van der Waals surface area contributed by atoms with Gasteiger partial charge in [-0.2, -0.15) is 26.3 Å². The van der Waals surface area contributed by atoms with Crippen LogP contribution in [0.3, 0.4) is 0 Å². The van der Waals surface area contributed by atoms with Crippen LogP contribution in [0.15, 0.2) is 176 Å². The summed E-state index contributed by atoms with van der Waals surface area (Å²) in [7, 11) is 0. The van der Waals surface area contributed by atoms with Crippen LogP contribution in [0.25, 0.3) is 104 Å². The maximum absolute atomic E-state index is 14.4. The number of halogens is 6. The fourth-order valence-electron chi connectivity index (χ4n) is 10.4. The minimum Gasteiger partial charge on any atom is -0.309 e. The van der Waals surface area contributed by atoms with Gasteiger partial charge in [0.05, 0.1) is 51.1 Å². The number of benzene rings is 9. The first-order valence-corrected chi connectivity index (χ1v) is 22.7. The summed E-state index contributed by atoms with van der Waals surface area (Å²) < 4.78 is 90.6. The number of aromatic nitrogens is 2. The molecule has 2 heterocycles. The van der Waals surface area contributed by atoms with Crippen molar-refractivity contribution in [1.29, 1.82) is 0 Å². The highest BCUT2D eigenvalue weighted by Crippen LogP contribution is 2.46. The van der Waals surface area contributed by atoms with Gasteiger partial charge in [0.15, 0.2) is 5.69 Å². The van der Waals surface area contributed by atoms with E-state index in [-0.39, 0.29) is 17.2 Å². The van der Waals surface area contributed by atoms with Crippen LogP contribution in [-0.2, 0) is 12.4 Å². The third kappa shape index (κ3) is 7.66. The molecule has 0 atom stereocenters. The molecule has 0 saturated heterocycles. The fourth-order valence-corrected chi connectivity index (χ4v) is 10.4. The molecule has 0 saturated carbocycles. The predicted octanol–water partition coefficient (Wildman–Crippen LogP) is 18.4. The second-order valence-corrected chi connectivity index (χ2v) is 18.3. The van der Waals surface area contributed by atoms with Gasteiger partial charge in [-0.25, -0.2) is 4.85 Å². The molecule has 9 heteroatoms. The van der Waals surface area contributed by atoms with Gasteiger partial charge in [-0.3, -0.25) is 0 Å². The maximum atomic E-state index is 14.4. The zero-order valence-corrected chi connectivity index (χ0v) is 38.4. The number of para-hydroxylation sites is 2. The van der Waals surface area contributed by atoms with Crippen LogP contribution in [0.2, 0.25) is 0 Å². The largest absolute Gasteiger partial charge is 0.416 e. The molecule has 11 rings (SSSR count). The summed E-state index contributed by atoms with van der Waals surface area (Å²) >= 11 is 0. The first-order chi connectivity index (χ1) is 33.5. The molecule has 0 aliphatic carbocycles. The van der Waals surface area contributed by atoms with Crippen molar-refractivity contribution in [2.45, 2.75) is 40.0 Å². The minimum absolute atomic E-state index is 0.145. The van der Waals surface area contributed by atoms with Gasteiger partial charge in [0.2, 0.25) is 0 Å². The maximum Gasteiger partial charge on any atom is 0.416 e. The number of nitrogens with zero attached hydrogens (tertiary/aromatic N) is 3. The van der Waals surface area contributed by atoms with Gasteiger partial charge in [-0.15, -0.1) is 0 Å². The van der Waals surface area contributed by atoms with Gasteiger partial charge < -0.3 is 9.13 Å². The molecule has 2 aromatic heterocycles. The molecule has 0 fully saturated rings. The molecule has 0 N–H and O–H groups in total. The SMILES string of the molecule is [C-]#[N+]c1ccc(-n2c3ccccc3c3cc(-c4cc(C)cc(C)c4)ccc32)c(-c2ccc(-c3cc(C(F)(F)F)cc(C(F)(F)F)c3)cc2-n2c3ccccc3c3cc(-c4cc(C)cc(C)c4)ccc32)c1. The van der Waals surface area contributed by atoms with Gasteiger partial charge in [-0.05, 0) is 139 Å². The van der Waals surface area contributed by atoms with Crippen molar-refractivity contribution in [2.24, 2.45) is 0 Å². The Labute approximate surface area is 399 Å². The zero-order chi connectivity index (χ0) is 48.8. The standard InChI is InChI=1S/C61H41F6N3/c1-35-22-36(2)25-42(24-35)39-15-19-56-51(30-39)48-10-6-8-12-54(48)69(56)58-21-17-47(68-5)34-53(58)50-18-14-41(44-28-45(60(62,63)64)33-46(29-44)61(65,66)67)32-59(50)70-55-13-9-7-11-49(55)52-31-40(16-20-57(52)70)43-26-37(3)23-38(4)27-43/h6-34H,1-4H3. The van der Waals surface area contributed by atoms with Crippen molar-refractivity contribution < 1.29 is 26.3 Å². The lowest BCUT2D eigenvalue weighted by molar-refractivity contribution is -0.143. The Hall–Kier alpha value is -8.35. The molecule has 11 aromatic rings. The lowest BCUT2D eigenvalue weighted by atomic mass is 9.94. The van der Waals surface area contributed by atoms with E-state index in [1.54, 1.807) is 24.3 Å². The van der Waals surface area contributed by atoms with E-state index in [9.17, 15) is 26.3 Å². The van der Waals surface area contributed by atoms with Crippen molar-refractivity contribution in [2.75, 3.05) is 0 Å². The molecule has 342 valence electrons. The van der Waals surface area contributed by atoms with E-state index in [2.05, 4.69) is 110 Å². The Morgan fingerprint density at radius 2 is 0.786 bits per heavy atom. The molecular weight excluding hydrogens is 889 g/mol. The molecule has 3 nitrogen and oxygen atoms in total. The Morgan fingerprint density at radius 1 is 0.357 bits per heavy atom. The Balaban J connectivity index is 1.22. The molecule has 0 radical (unpaired) electrons. The van der Waals surface area contributed by atoms with Crippen LogP contribution in [-0.4, -0.2) is 9.13 Å². The average molecular weight is 930 g/mol. The second kappa shape index (κ2) is 16.4. The molecule has 0 amide bonds. The number of alkyl halides is 6. The number of hydrogen-bond acceptors (Lipinski definition) is 0. The van der Waals surface area contributed by atoms with E-state index in [0.29, 0.717) is 22.5 Å². The van der Waals surface area contributed by atoms with Crippen molar-refractivity contribution in [3.8, 4) is 55.9 Å². The third-order valence-electron chi connectivity index (χ3n) is 13.3. The van der Waals surface area contributed by atoms with Crippen LogP contribution in [0.5, 0.6) is 0 Å². The van der Waals surface area contributed by atoms with Crippen molar-refractivity contribution in [3.63, 3.8) is 0 Å². The van der Waals surface area contributed by atoms with Gasteiger partial charge >= 0.3 is 12.4 Å². The fraction of sp³-hybridized carbons (Fsp3) is 0.0984. The number of fused-ring (bicyclic) bond motifs is 6. The van der Waals surface area contributed by atoms with Crippen molar-refractivity contribution in [1.82, 2.24) is 9.13 Å². The second-order valence-electron chi connectivity index (χ2n) is 18.3. The lowest BCUT2D eigenvalue weighted by Gasteiger charge is -2.21. The van der Waals surface area contributed by atoms with E-state index in [1.807, 2.05) is 65.2 Å². The highest BCUT2D eigenvalue weighted by Gasteiger charge is 2.37. The van der Waals surface area contributed by atoms with E-state index in [0.717, 1.165) is 106 Å². The number of rotatable bonds is 6. The minimum atomic E-state index is -5.05. The van der Waals surface area contributed by atoms with E-state index in [4.69, 9.17) is 6.57 Å². The van der Waals surface area contributed by atoms with E-state index >= 15 is 0 Å².